The molecule has 0 atom stereocenters. The van der Waals surface area contributed by atoms with Crippen LogP contribution in [0.4, 0.5) is 4.39 Å². The van der Waals surface area contributed by atoms with Crippen molar-refractivity contribution in [1.29, 1.82) is 0 Å². The first-order valence-corrected chi connectivity index (χ1v) is 7.35. The number of carbonyl (C=O) groups excluding carboxylic acids is 1. The maximum atomic E-state index is 13.2. The van der Waals surface area contributed by atoms with E-state index in [-0.39, 0.29) is 12.2 Å². The Hall–Kier alpha value is -0.710. The van der Waals surface area contributed by atoms with E-state index in [4.69, 9.17) is 11.6 Å². The van der Waals surface area contributed by atoms with Gasteiger partial charge in [-0.2, -0.15) is 0 Å². The summed E-state index contributed by atoms with van der Waals surface area (Å²) in [6.45, 7) is 0. The van der Waals surface area contributed by atoms with Gasteiger partial charge in [-0.15, -0.1) is 0 Å². The average Bonchev–Trinajstić information content (AvgIpc) is 2.31. The minimum atomic E-state index is -0.445. The lowest BCUT2D eigenvalue weighted by atomic mass is 10.0. The summed E-state index contributed by atoms with van der Waals surface area (Å²) in [5.74, 6) is -0.621. The van der Waals surface area contributed by atoms with Crippen LogP contribution in [0.3, 0.4) is 0 Å². The predicted octanol–water partition coefficient (Wildman–Crippen LogP) is 5.43. The molecule has 0 aliphatic heterocycles. The molecule has 0 radical (unpaired) electrons. The van der Waals surface area contributed by atoms with E-state index in [9.17, 15) is 9.18 Å². The van der Waals surface area contributed by atoms with Crippen molar-refractivity contribution in [2.24, 2.45) is 0 Å². The number of halogens is 4. The summed E-state index contributed by atoms with van der Waals surface area (Å²) in [7, 11) is 0. The Bertz CT molecular complexity index is 623. The first-order chi connectivity index (χ1) is 8.95. The van der Waals surface area contributed by atoms with E-state index in [2.05, 4.69) is 31.9 Å². The SMILES string of the molecule is O=C(Cc1ccc(Br)cc1Cl)c1cc(F)cc(Br)c1. The van der Waals surface area contributed by atoms with Crippen molar-refractivity contribution >= 4 is 49.2 Å². The van der Waals surface area contributed by atoms with E-state index < -0.39 is 5.82 Å². The molecule has 2 aromatic rings. The molecule has 5 heteroatoms. The Morgan fingerprint density at radius 2 is 1.84 bits per heavy atom. The molecule has 0 aromatic heterocycles. The highest BCUT2D eigenvalue weighted by Gasteiger charge is 2.11. The van der Waals surface area contributed by atoms with Crippen molar-refractivity contribution in [3.8, 4) is 0 Å². The summed E-state index contributed by atoms with van der Waals surface area (Å²) < 4.78 is 14.6. The molecule has 2 rings (SSSR count). The van der Waals surface area contributed by atoms with Gasteiger partial charge in [0.2, 0.25) is 0 Å². The quantitative estimate of drug-likeness (QED) is 0.621. The third-order valence-corrected chi connectivity index (χ3v) is 3.85. The van der Waals surface area contributed by atoms with Crippen LogP contribution in [0.5, 0.6) is 0 Å². The smallest absolute Gasteiger partial charge is 0.167 e. The van der Waals surface area contributed by atoms with E-state index in [0.717, 1.165) is 10.0 Å². The van der Waals surface area contributed by atoms with Crippen LogP contribution in [0.25, 0.3) is 0 Å². The van der Waals surface area contributed by atoms with E-state index >= 15 is 0 Å². The zero-order valence-corrected chi connectivity index (χ0v) is 13.5. The second-order valence-electron chi connectivity index (χ2n) is 3.99. The Labute approximate surface area is 132 Å². The number of carbonyl (C=O) groups is 1. The van der Waals surface area contributed by atoms with Gasteiger partial charge in [0.05, 0.1) is 0 Å². The van der Waals surface area contributed by atoms with Gasteiger partial charge < -0.3 is 0 Å². The van der Waals surface area contributed by atoms with E-state index in [1.807, 2.05) is 6.07 Å². The van der Waals surface area contributed by atoms with Crippen molar-refractivity contribution in [2.45, 2.75) is 6.42 Å². The summed E-state index contributed by atoms with van der Waals surface area (Å²) in [6.07, 6.45) is 0.141. The normalized spacial score (nSPS) is 10.5. The molecule has 0 spiro atoms. The number of ketones is 1. The molecule has 0 aliphatic carbocycles. The van der Waals surface area contributed by atoms with Crippen LogP contribution in [-0.2, 0) is 6.42 Å². The van der Waals surface area contributed by atoms with Gasteiger partial charge in [0.1, 0.15) is 5.82 Å². The fourth-order valence-electron chi connectivity index (χ4n) is 1.65. The van der Waals surface area contributed by atoms with Gasteiger partial charge in [0.15, 0.2) is 5.78 Å². The number of Topliss-reactive ketones (excluding diaryl/α,β-unsaturated/α-hetero) is 1. The lowest BCUT2D eigenvalue weighted by molar-refractivity contribution is 0.0992. The van der Waals surface area contributed by atoms with E-state index in [0.29, 0.717) is 15.1 Å². The van der Waals surface area contributed by atoms with E-state index in [1.165, 1.54) is 12.1 Å². The highest BCUT2D eigenvalue weighted by Crippen LogP contribution is 2.23. The second kappa shape index (κ2) is 6.16. The minimum absolute atomic E-state index is 0.141. The molecule has 1 nitrogen and oxygen atoms in total. The largest absolute Gasteiger partial charge is 0.294 e. The molecular formula is C14H8Br2ClFO. The lowest BCUT2D eigenvalue weighted by Crippen LogP contribution is -2.04. The minimum Gasteiger partial charge on any atom is -0.294 e. The van der Waals surface area contributed by atoms with Crippen molar-refractivity contribution in [3.63, 3.8) is 0 Å². The molecule has 0 unspecified atom stereocenters. The standard InChI is InChI=1S/C14H8Br2ClFO/c15-10-2-1-8(13(17)7-10)5-14(19)9-3-11(16)6-12(18)4-9/h1-4,6-7H,5H2. The van der Waals surface area contributed by atoms with Crippen molar-refractivity contribution in [1.82, 2.24) is 0 Å². The van der Waals surface area contributed by atoms with Crippen LogP contribution in [-0.4, -0.2) is 5.78 Å². The highest BCUT2D eigenvalue weighted by molar-refractivity contribution is 9.10. The molecule has 0 saturated carbocycles. The predicted molar refractivity (Wildman–Crippen MR) is 81.3 cm³/mol. The molecule has 0 fully saturated rings. The molecule has 0 saturated heterocycles. The topological polar surface area (TPSA) is 17.1 Å². The Morgan fingerprint density at radius 3 is 2.47 bits per heavy atom. The molecular weight excluding hydrogens is 398 g/mol. The van der Waals surface area contributed by atoms with E-state index in [1.54, 1.807) is 18.2 Å². The molecule has 2 aromatic carbocycles. The van der Waals surface area contributed by atoms with Crippen LogP contribution in [0, 0.1) is 5.82 Å². The summed E-state index contributed by atoms with van der Waals surface area (Å²) >= 11 is 12.5. The number of hydrogen-bond donors (Lipinski definition) is 0. The maximum absolute atomic E-state index is 13.2. The fraction of sp³-hybridized carbons (Fsp3) is 0.0714. The van der Waals surface area contributed by atoms with Crippen LogP contribution >= 0.6 is 43.5 Å². The van der Waals surface area contributed by atoms with Crippen LogP contribution in [0.1, 0.15) is 15.9 Å². The molecule has 0 heterocycles. The van der Waals surface area contributed by atoms with Gasteiger partial charge in [0, 0.05) is 26.0 Å². The van der Waals surface area contributed by atoms with Gasteiger partial charge in [-0.1, -0.05) is 49.5 Å². The van der Waals surface area contributed by atoms with Crippen molar-refractivity contribution in [3.05, 3.63) is 67.3 Å². The van der Waals surface area contributed by atoms with Gasteiger partial charge in [0.25, 0.3) is 0 Å². The zero-order valence-electron chi connectivity index (χ0n) is 9.59. The summed E-state index contributed by atoms with van der Waals surface area (Å²) in [6, 6.07) is 9.45. The summed E-state index contributed by atoms with van der Waals surface area (Å²) in [5.41, 5.74) is 1.04. The second-order valence-corrected chi connectivity index (χ2v) is 6.23. The molecule has 0 bridgehead atoms. The number of rotatable bonds is 3. The first kappa shape index (κ1) is 14.7. The lowest BCUT2D eigenvalue weighted by Gasteiger charge is -2.05. The monoisotopic (exact) mass is 404 g/mol. The molecule has 98 valence electrons. The van der Waals surface area contributed by atoms with Gasteiger partial charge in [-0.25, -0.2) is 4.39 Å². The third kappa shape index (κ3) is 3.88. The van der Waals surface area contributed by atoms with Crippen LogP contribution in [0.15, 0.2) is 45.3 Å². The van der Waals surface area contributed by atoms with Crippen LogP contribution < -0.4 is 0 Å². The third-order valence-electron chi connectivity index (χ3n) is 2.55. The van der Waals surface area contributed by atoms with Crippen molar-refractivity contribution < 1.29 is 9.18 Å². The van der Waals surface area contributed by atoms with Gasteiger partial charge in [-0.05, 0) is 35.9 Å². The Balaban J connectivity index is 2.25. The average molecular weight is 406 g/mol. The fourth-order valence-corrected chi connectivity index (χ4v) is 2.86. The zero-order chi connectivity index (χ0) is 14.0. The van der Waals surface area contributed by atoms with Gasteiger partial charge in [-0.3, -0.25) is 4.79 Å². The number of hydrogen-bond acceptors (Lipinski definition) is 1. The Morgan fingerprint density at radius 1 is 1.11 bits per heavy atom. The van der Waals surface area contributed by atoms with Gasteiger partial charge >= 0.3 is 0 Å². The Kier molecular flexibility index (Phi) is 4.76. The molecule has 19 heavy (non-hydrogen) atoms. The number of benzene rings is 2. The molecule has 0 aliphatic rings. The summed E-state index contributed by atoms with van der Waals surface area (Å²) in [5, 5.41) is 0.512. The highest BCUT2D eigenvalue weighted by atomic mass is 79.9. The molecule has 0 amide bonds. The maximum Gasteiger partial charge on any atom is 0.167 e. The van der Waals surface area contributed by atoms with Crippen LogP contribution in [0.2, 0.25) is 5.02 Å². The van der Waals surface area contributed by atoms with Crippen molar-refractivity contribution in [2.75, 3.05) is 0 Å². The first-order valence-electron chi connectivity index (χ1n) is 5.39. The summed E-state index contributed by atoms with van der Waals surface area (Å²) in [4.78, 5) is 12.1. The molecule has 0 N–H and O–H groups in total.